The molecule has 0 saturated carbocycles. The molecule has 1 aromatic heterocycles. The summed E-state index contributed by atoms with van der Waals surface area (Å²) >= 11 is 1.53. The van der Waals surface area contributed by atoms with E-state index in [-0.39, 0.29) is 18.5 Å². The Morgan fingerprint density at radius 2 is 2.07 bits per heavy atom. The molecule has 0 amide bonds. The first kappa shape index (κ1) is 12.4. The van der Waals surface area contributed by atoms with Crippen LogP contribution in [0.5, 0.6) is 0 Å². The van der Waals surface area contributed by atoms with Gasteiger partial charge in [-0.25, -0.2) is 0 Å². The van der Waals surface area contributed by atoms with E-state index in [4.69, 9.17) is 4.74 Å². The third kappa shape index (κ3) is 3.76. The predicted octanol–water partition coefficient (Wildman–Crippen LogP) is 3.30. The van der Waals surface area contributed by atoms with Crippen LogP contribution in [0, 0.1) is 12.8 Å². The summed E-state index contributed by atoms with van der Waals surface area (Å²) in [4.78, 5) is 13.6. The van der Waals surface area contributed by atoms with Crippen molar-refractivity contribution in [1.29, 1.82) is 0 Å². The topological polar surface area (TPSA) is 26.3 Å². The van der Waals surface area contributed by atoms with Gasteiger partial charge in [-0.05, 0) is 31.9 Å². The molecule has 0 aliphatic carbocycles. The maximum atomic E-state index is 11.7. The van der Waals surface area contributed by atoms with Crippen LogP contribution in [-0.2, 0) is 4.74 Å². The molecular formula is C12H18O2S. The third-order valence-corrected chi connectivity index (χ3v) is 3.47. The van der Waals surface area contributed by atoms with Crippen LogP contribution >= 0.6 is 11.3 Å². The summed E-state index contributed by atoms with van der Waals surface area (Å²) in [5, 5.41) is 0. The fourth-order valence-corrected chi connectivity index (χ4v) is 1.85. The Kier molecular flexibility index (Phi) is 4.48. The van der Waals surface area contributed by atoms with Crippen molar-refractivity contribution in [3.05, 3.63) is 21.9 Å². The number of hydrogen-bond donors (Lipinski definition) is 0. The largest absolute Gasteiger partial charge is 0.370 e. The first-order valence-electron chi connectivity index (χ1n) is 5.22. The zero-order valence-electron chi connectivity index (χ0n) is 9.74. The van der Waals surface area contributed by atoms with Crippen LogP contribution in [0.15, 0.2) is 12.1 Å². The number of Topliss-reactive ketones (excluding diaryl/α,β-unsaturated/α-hetero) is 1. The second kappa shape index (κ2) is 5.42. The van der Waals surface area contributed by atoms with E-state index in [9.17, 15) is 4.79 Å². The third-order valence-electron chi connectivity index (χ3n) is 2.43. The standard InChI is InChI=1S/C12H18O2S/c1-8(2)10(4)14-7-11(13)12-6-5-9(3)15-12/h5-6,8,10H,7H2,1-4H3. The van der Waals surface area contributed by atoms with Gasteiger partial charge in [-0.2, -0.15) is 0 Å². The van der Waals surface area contributed by atoms with E-state index < -0.39 is 0 Å². The van der Waals surface area contributed by atoms with Gasteiger partial charge in [-0.1, -0.05) is 13.8 Å². The zero-order chi connectivity index (χ0) is 11.4. The number of ether oxygens (including phenoxy) is 1. The molecule has 15 heavy (non-hydrogen) atoms. The Hall–Kier alpha value is -0.670. The van der Waals surface area contributed by atoms with Crippen molar-refractivity contribution in [3.63, 3.8) is 0 Å². The van der Waals surface area contributed by atoms with E-state index in [1.165, 1.54) is 11.3 Å². The van der Waals surface area contributed by atoms with Gasteiger partial charge in [0.1, 0.15) is 6.61 Å². The Bertz CT molecular complexity index is 328. The van der Waals surface area contributed by atoms with Crippen LogP contribution in [0.1, 0.15) is 35.3 Å². The number of carbonyl (C=O) groups is 1. The molecule has 0 aromatic carbocycles. The molecule has 1 rings (SSSR count). The van der Waals surface area contributed by atoms with Crippen LogP contribution in [0.4, 0.5) is 0 Å². The molecule has 3 heteroatoms. The van der Waals surface area contributed by atoms with Crippen molar-refractivity contribution >= 4 is 17.1 Å². The summed E-state index contributed by atoms with van der Waals surface area (Å²) in [6.07, 6.45) is 0.134. The molecular weight excluding hydrogens is 208 g/mol. The number of thiophene rings is 1. The van der Waals surface area contributed by atoms with Gasteiger partial charge in [0.25, 0.3) is 0 Å². The molecule has 84 valence electrons. The van der Waals surface area contributed by atoms with Gasteiger partial charge in [0.05, 0.1) is 11.0 Å². The van der Waals surface area contributed by atoms with E-state index in [2.05, 4.69) is 13.8 Å². The number of carbonyl (C=O) groups excluding carboxylic acids is 1. The summed E-state index contributed by atoms with van der Waals surface area (Å²) in [6, 6.07) is 3.83. The van der Waals surface area contributed by atoms with Crippen molar-refractivity contribution in [1.82, 2.24) is 0 Å². The Labute approximate surface area is 95.3 Å². The van der Waals surface area contributed by atoms with E-state index in [1.54, 1.807) is 0 Å². The number of rotatable bonds is 5. The first-order chi connectivity index (χ1) is 7.00. The van der Waals surface area contributed by atoms with E-state index in [1.807, 2.05) is 26.0 Å². The molecule has 0 aliphatic heterocycles. The van der Waals surface area contributed by atoms with Crippen LogP contribution in [0.2, 0.25) is 0 Å². The highest BCUT2D eigenvalue weighted by molar-refractivity contribution is 7.14. The number of ketones is 1. The lowest BCUT2D eigenvalue weighted by Crippen LogP contribution is -2.19. The summed E-state index contributed by atoms with van der Waals surface area (Å²) in [7, 11) is 0. The normalized spacial score (nSPS) is 13.1. The molecule has 1 atom stereocenters. The van der Waals surface area contributed by atoms with Gasteiger partial charge in [0.15, 0.2) is 5.78 Å². The number of aryl methyl sites for hydroxylation is 1. The van der Waals surface area contributed by atoms with E-state index in [0.29, 0.717) is 5.92 Å². The molecule has 0 spiro atoms. The highest BCUT2D eigenvalue weighted by Crippen LogP contribution is 2.16. The minimum absolute atomic E-state index is 0.0839. The molecule has 1 aromatic rings. The monoisotopic (exact) mass is 226 g/mol. The molecule has 1 unspecified atom stereocenters. The molecule has 0 fully saturated rings. The lowest BCUT2D eigenvalue weighted by Gasteiger charge is -2.15. The average Bonchev–Trinajstić information content (AvgIpc) is 2.60. The lowest BCUT2D eigenvalue weighted by atomic mass is 10.1. The van der Waals surface area contributed by atoms with Crippen molar-refractivity contribution in [2.24, 2.45) is 5.92 Å². The van der Waals surface area contributed by atoms with Crippen LogP contribution < -0.4 is 0 Å². The summed E-state index contributed by atoms with van der Waals surface area (Å²) in [6.45, 7) is 8.37. The maximum absolute atomic E-state index is 11.7. The molecule has 2 nitrogen and oxygen atoms in total. The van der Waals surface area contributed by atoms with Gasteiger partial charge in [-0.15, -0.1) is 11.3 Å². The molecule has 1 heterocycles. The van der Waals surface area contributed by atoms with Crippen molar-refractivity contribution in [2.45, 2.75) is 33.8 Å². The Morgan fingerprint density at radius 1 is 1.40 bits per heavy atom. The average molecular weight is 226 g/mol. The molecule has 0 saturated heterocycles. The smallest absolute Gasteiger partial charge is 0.198 e. The van der Waals surface area contributed by atoms with Crippen LogP contribution in [0.3, 0.4) is 0 Å². The van der Waals surface area contributed by atoms with Crippen LogP contribution in [0.25, 0.3) is 0 Å². The van der Waals surface area contributed by atoms with E-state index in [0.717, 1.165) is 9.75 Å². The van der Waals surface area contributed by atoms with Gasteiger partial charge in [0, 0.05) is 4.88 Å². The molecule has 0 bridgehead atoms. The van der Waals surface area contributed by atoms with E-state index >= 15 is 0 Å². The van der Waals surface area contributed by atoms with Gasteiger partial charge in [-0.3, -0.25) is 4.79 Å². The van der Waals surface area contributed by atoms with Crippen molar-refractivity contribution in [3.8, 4) is 0 Å². The SMILES string of the molecule is Cc1ccc(C(=O)COC(C)C(C)C)s1. The Balaban J connectivity index is 2.43. The van der Waals surface area contributed by atoms with Crippen LogP contribution in [-0.4, -0.2) is 18.5 Å². The lowest BCUT2D eigenvalue weighted by molar-refractivity contribution is 0.0339. The zero-order valence-corrected chi connectivity index (χ0v) is 10.6. The fourth-order valence-electron chi connectivity index (χ4n) is 1.06. The fraction of sp³-hybridized carbons (Fsp3) is 0.583. The minimum Gasteiger partial charge on any atom is -0.370 e. The van der Waals surface area contributed by atoms with Gasteiger partial charge >= 0.3 is 0 Å². The Morgan fingerprint density at radius 3 is 2.53 bits per heavy atom. The highest BCUT2D eigenvalue weighted by Gasteiger charge is 2.12. The first-order valence-corrected chi connectivity index (χ1v) is 6.03. The predicted molar refractivity (Wildman–Crippen MR) is 63.6 cm³/mol. The number of hydrogen-bond acceptors (Lipinski definition) is 3. The van der Waals surface area contributed by atoms with Crippen molar-refractivity contribution < 1.29 is 9.53 Å². The van der Waals surface area contributed by atoms with Gasteiger partial charge in [0.2, 0.25) is 0 Å². The summed E-state index contributed by atoms with van der Waals surface area (Å²) in [5.74, 6) is 0.531. The van der Waals surface area contributed by atoms with Gasteiger partial charge < -0.3 is 4.74 Å². The molecule has 0 radical (unpaired) electrons. The minimum atomic E-state index is 0.0839. The summed E-state index contributed by atoms with van der Waals surface area (Å²) < 4.78 is 5.49. The quantitative estimate of drug-likeness (QED) is 0.720. The second-order valence-electron chi connectivity index (χ2n) is 4.09. The highest BCUT2D eigenvalue weighted by atomic mass is 32.1. The molecule has 0 N–H and O–H groups in total. The summed E-state index contributed by atoms with van der Waals surface area (Å²) in [5.41, 5.74) is 0. The molecule has 0 aliphatic rings. The van der Waals surface area contributed by atoms with Crippen molar-refractivity contribution in [2.75, 3.05) is 6.61 Å². The second-order valence-corrected chi connectivity index (χ2v) is 5.38. The maximum Gasteiger partial charge on any atom is 0.198 e.